The molecule has 0 bridgehead atoms. The monoisotopic (exact) mass is 472 g/mol. The molecule has 1 saturated heterocycles. The van der Waals surface area contributed by atoms with Crippen molar-refractivity contribution >= 4 is 11.6 Å². The van der Waals surface area contributed by atoms with Crippen molar-refractivity contribution in [3.05, 3.63) is 84.1 Å². The number of hydrogen-bond acceptors (Lipinski definition) is 6. The molecular weight excluding hydrogens is 447 g/mol. The van der Waals surface area contributed by atoms with Crippen molar-refractivity contribution in [1.29, 1.82) is 0 Å². The van der Waals surface area contributed by atoms with Gasteiger partial charge < -0.3 is 14.5 Å². The van der Waals surface area contributed by atoms with E-state index in [2.05, 4.69) is 20.0 Å². The van der Waals surface area contributed by atoms with E-state index in [1.807, 2.05) is 36.1 Å². The predicted octanol–water partition coefficient (Wildman–Crippen LogP) is 3.75. The Morgan fingerprint density at radius 3 is 2.46 bits per heavy atom. The highest BCUT2D eigenvalue weighted by Gasteiger charge is 2.26. The van der Waals surface area contributed by atoms with Gasteiger partial charge in [0.25, 0.3) is 11.9 Å². The molecule has 1 fully saturated rings. The summed E-state index contributed by atoms with van der Waals surface area (Å²) >= 11 is 0. The molecule has 0 aliphatic carbocycles. The fourth-order valence-electron chi connectivity index (χ4n) is 4.22. The van der Waals surface area contributed by atoms with Gasteiger partial charge in [-0.05, 0) is 49.4 Å². The second-order valence-corrected chi connectivity index (χ2v) is 8.25. The second-order valence-electron chi connectivity index (χ2n) is 8.25. The Morgan fingerprint density at radius 1 is 1.00 bits per heavy atom. The third-order valence-corrected chi connectivity index (χ3v) is 6.23. The quantitative estimate of drug-likeness (QED) is 0.440. The molecule has 9 heteroatoms. The van der Waals surface area contributed by atoms with Crippen LogP contribution in [0.2, 0.25) is 0 Å². The van der Waals surface area contributed by atoms with Gasteiger partial charge in [-0.3, -0.25) is 4.79 Å². The first-order chi connectivity index (χ1) is 17.0. The number of methoxy groups -OCH3 is 1. The van der Waals surface area contributed by atoms with E-state index in [-0.39, 0.29) is 17.7 Å². The molecule has 4 aromatic rings. The Labute approximate surface area is 202 Å². The molecular formula is C26H25FN6O2. The van der Waals surface area contributed by atoms with Crippen molar-refractivity contribution in [2.24, 2.45) is 0 Å². The molecule has 0 spiro atoms. The van der Waals surface area contributed by atoms with Gasteiger partial charge in [-0.1, -0.05) is 12.1 Å². The molecule has 5 rings (SSSR count). The molecule has 0 radical (unpaired) electrons. The standard InChI is InChI=1S/C26H25FN6O2/c1-18-22(25(34)32-15-13-31(14-16-32)19-7-9-20(35-2)10-8-19)17-29-33(18)26-28-12-11-24(30-26)21-5-3-4-6-23(21)27/h3-12,17H,13-16H2,1-2H3. The van der Waals surface area contributed by atoms with Crippen molar-refractivity contribution < 1.29 is 13.9 Å². The van der Waals surface area contributed by atoms with Gasteiger partial charge in [-0.15, -0.1) is 0 Å². The molecule has 0 saturated carbocycles. The number of rotatable bonds is 5. The van der Waals surface area contributed by atoms with Gasteiger partial charge in [0.1, 0.15) is 11.6 Å². The van der Waals surface area contributed by atoms with Crippen LogP contribution in [0.4, 0.5) is 10.1 Å². The summed E-state index contributed by atoms with van der Waals surface area (Å²) in [6, 6.07) is 16.0. The molecule has 3 heterocycles. The first-order valence-corrected chi connectivity index (χ1v) is 11.4. The van der Waals surface area contributed by atoms with E-state index in [0.29, 0.717) is 35.6 Å². The Balaban J connectivity index is 1.31. The summed E-state index contributed by atoms with van der Waals surface area (Å²) in [4.78, 5) is 26.1. The van der Waals surface area contributed by atoms with Gasteiger partial charge in [0.05, 0.1) is 30.3 Å². The van der Waals surface area contributed by atoms with Gasteiger partial charge in [0.15, 0.2) is 0 Å². The first-order valence-electron chi connectivity index (χ1n) is 11.4. The normalized spacial score (nSPS) is 13.7. The maximum Gasteiger partial charge on any atom is 0.257 e. The predicted molar refractivity (Wildman–Crippen MR) is 130 cm³/mol. The molecule has 0 atom stereocenters. The lowest BCUT2D eigenvalue weighted by Crippen LogP contribution is -2.48. The average molecular weight is 473 g/mol. The zero-order valence-corrected chi connectivity index (χ0v) is 19.6. The smallest absolute Gasteiger partial charge is 0.257 e. The zero-order chi connectivity index (χ0) is 24.4. The van der Waals surface area contributed by atoms with Crippen LogP contribution in [-0.2, 0) is 0 Å². The Kier molecular flexibility index (Phi) is 6.13. The summed E-state index contributed by atoms with van der Waals surface area (Å²) in [5.41, 5.74) is 3.08. The highest BCUT2D eigenvalue weighted by atomic mass is 19.1. The number of nitrogens with zero attached hydrogens (tertiary/aromatic N) is 6. The van der Waals surface area contributed by atoms with Crippen LogP contribution in [0.3, 0.4) is 0 Å². The van der Waals surface area contributed by atoms with Crippen molar-refractivity contribution in [3.63, 3.8) is 0 Å². The number of hydrogen-bond donors (Lipinski definition) is 0. The van der Waals surface area contributed by atoms with E-state index in [1.54, 1.807) is 43.8 Å². The summed E-state index contributed by atoms with van der Waals surface area (Å²) in [5, 5.41) is 4.37. The molecule has 1 amide bonds. The van der Waals surface area contributed by atoms with E-state index in [4.69, 9.17) is 4.74 Å². The average Bonchev–Trinajstić information content (AvgIpc) is 3.30. The summed E-state index contributed by atoms with van der Waals surface area (Å²) < 4.78 is 21.0. The second kappa shape index (κ2) is 9.54. The summed E-state index contributed by atoms with van der Waals surface area (Å²) in [6.07, 6.45) is 3.11. The minimum Gasteiger partial charge on any atom is -0.497 e. The highest BCUT2D eigenvalue weighted by molar-refractivity contribution is 5.95. The van der Waals surface area contributed by atoms with Crippen LogP contribution < -0.4 is 9.64 Å². The van der Waals surface area contributed by atoms with E-state index in [1.165, 1.54) is 10.7 Å². The molecule has 8 nitrogen and oxygen atoms in total. The third-order valence-electron chi connectivity index (χ3n) is 6.23. The van der Waals surface area contributed by atoms with Gasteiger partial charge in [0, 0.05) is 43.6 Å². The number of aromatic nitrogens is 4. The number of benzene rings is 2. The maximum absolute atomic E-state index is 14.2. The highest BCUT2D eigenvalue weighted by Crippen LogP contribution is 2.23. The lowest BCUT2D eigenvalue weighted by atomic mass is 10.1. The topological polar surface area (TPSA) is 76.4 Å². The first kappa shape index (κ1) is 22.5. The summed E-state index contributed by atoms with van der Waals surface area (Å²) in [7, 11) is 1.65. The summed E-state index contributed by atoms with van der Waals surface area (Å²) in [5.74, 6) is 0.664. The van der Waals surface area contributed by atoms with Crippen LogP contribution in [0.15, 0.2) is 67.0 Å². The van der Waals surface area contributed by atoms with Crippen LogP contribution in [0, 0.1) is 12.7 Å². The molecule has 178 valence electrons. The summed E-state index contributed by atoms with van der Waals surface area (Å²) in [6.45, 7) is 4.49. The van der Waals surface area contributed by atoms with Gasteiger partial charge in [0.2, 0.25) is 0 Å². The van der Waals surface area contributed by atoms with Crippen LogP contribution in [0.1, 0.15) is 16.1 Å². The van der Waals surface area contributed by atoms with Crippen molar-refractivity contribution in [2.45, 2.75) is 6.92 Å². The number of anilines is 1. The Hall–Kier alpha value is -4.27. The fraction of sp³-hybridized carbons (Fsp3) is 0.231. The number of carbonyl (C=O) groups is 1. The van der Waals surface area contributed by atoms with E-state index in [9.17, 15) is 9.18 Å². The number of ether oxygens (including phenoxy) is 1. The van der Waals surface area contributed by atoms with Crippen molar-refractivity contribution in [1.82, 2.24) is 24.6 Å². The third kappa shape index (κ3) is 4.44. The molecule has 2 aromatic carbocycles. The molecule has 1 aliphatic heterocycles. The lowest BCUT2D eigenvalue weighted by Gasteiger charge is -2.36. The minimum atomic E-state index is -0.362. The van der Waals surface area contributed by atoms with Gasteiger partial charge >= 0.3 is 0 Å². The van der Waals surface area contributed by atoms with E-state index >= 15 is 0 Å². The molecule has 35 heavy (non-hydrogen) atoms. The number of amides is 1. The molecule has 1 aliphatic rings. The van der Waals surface area contributed by atoms with Crippen LogP contribution >= 0.6 is 0 Å². The van der Waals surface area contributed by atoms with Crippen LogP contribution in [0.25, 0.3) is 17.2 Å². The van der Waals surface area contributed by atoms with Crippen molar-refractivity contribution in [2.75, 3.05) is 38.2 Å². The van der Waals surface area contributed by atoms with E-state index in [0.717, 1.165) is 24.5 Å². The van der Waals surface area contributed by atoms with Crippen LogP contribution in [0.5, 0.6) is 5.75 Å². The fourth-order valence-corrected chi connectivity index (χ4v) is 4.22. The van der Waals surface area contributed by atoms with E-state index < -0.39 is 0 Å². The number of piperazine rings is 1. The number of carbonyl (C=O) groups excluding carboxylic acids is 1. The van der Waals surface area contributed by atoms with Gasteiger partial charge in [-0.2, -0.15) is 5.10 Å². The Morgan fingerprint density at radius 2 is 1.74 bits per heavy atom. The Bertz CT molecular complexity index is 1350. The van der Waals surface area contributed by atoms with Gasteiger partial charge in [-0.25, -0.2) is 19.0 Å². The van der Waals surface area contributed by atoms with Crippen molar-refractivity contribution in [3.8, 4) is 23.0 Å². The molecule has 0 unspecified atom stereocenters. The number of halogens is 1. The lowest BCUT2D eigenvalue weighted by molar-refractivity contribution is 0.0746. The maximum atomic E-state index is 14.2. The van der Waals surface area contributed by atoms with Crippen LogP contribution in [-0.4, -0.2) is 63.8 Å². The zero-order valence-electron chi connectivity index (χ0n) is 19.6. The molecule has 2 aromatic heterocycles. The minimum absolute atomic E-state index is 0.0756. The molecule has 0 N–H and O–H groups in total. The largest absolute Gasteiger partial charge is 0.497 e. The SMILES string of the molecule is COc1ccc(N2CCN(C(=O)c3cnn(-c4nccc(-c5ccccc5F)n4)c3C)CC2)cc1.